The highest BCUT2D eigenvalue weighted by Crippen LogP contribution is 2.32. The SMILES string of the molecule is CC(=O)c1ccc([N+](=O)[O-])c(Oc2ccc(Cl)cc2)c1. The predicted molar refractivity (Wildman–Crippen MR) is 74.6 cm³/mol. The molecule has 0 bridgehead atoms. The van der Waals surface area contributed by atoms with Gasteiger partial charge >= 0.3 is 5.69 Å². The summed E-state index contributed by atoms with van der Waals surface area (Å²) in [4.78, 5) is 21.7. The summed E-state index contributed by atoms with van der Waals surface area (Å²) in [6, 6.07) is 10.4. The van der Waals surface area contributed by atoms with Crippen molar-refractivity contribution in [1.82, 2.24) is 0 Å². The third-order valence-electron chi connectivity index (χ3n) is 2.60. The minimum atomic E-state index is -0.560. The van der Waals surface area contributed by atoms with Crippen molar-refractivity contribution >= 4 is 23.1 Å². The molecule has 6 heteroatoms. The highest BCUT2D eigenvalue weighted by atomic mass is 35.5. The predicted octanol–water partition coefficient (Wildman–Crippen LogP) is 4.24. The first-order valence-electron chi connectivity index (χ1n) is 5.70. The number of nitro groups is 1. The Hall–Kier alpha value is -2.40. The van der Waals surface area contributed by atoms with Crippen LogP contribution in [0.15, 0.2) is 42.5 Å². The number of nitrogens with zero attached hydrogens (tertiary/aromatic N) is 1. The monoisotopic (exact) mass is 291 g/mol. The average molecular weight is 292 g/mol. The van der Waals surface area contributed by atoms with Crippen molar-refractivity contribution in [2.75, 3.05) is 0 Å². The number of carbonyl (C=O) groups excluding carboxylic acids is 1. The number of ketones is 1. The second-order valence-electron chi connectivity index (χ2n) is 4.05. The van der Waals surface area contributed by atoms with E-state index >= 15 is 0 Å². The van der Waals surface area contributed by atoms with Gasteiger partial charge < -0.3 is 4.74 Å². The number of hydrogen-bond donors (Lipinski definition) is 0. The van der Waals surface area contributed by atoms with Gasteiger partial charge in [-0.1, -0.05) is 11.6 Å². The minimum absolute atomic E-state index is 0.0185. The third kappa shape index (κ3) is 3.13. The number of nitro benzene ring substituents is 1. The maximum absolute atomic E-state index is 11.3. The molecular weight excluding hydrogens is 282 g/mol. The van der Waals surface area contributed by atoms with E-state index in [0.717, 1.165) is 0 Å². The lowest BCUT2D eigenvalue weighted by molar-refractivity contribution is -0.385. The summed E-state index contributed by atoms with van der Waals surface area (Å²) in [7, 11) is 0. The summed E-state index contributed by atoms with van der Waals surface area (Å²) in [5.41, 5.74) is 0.143. The highest BCUT2D eigenvalue weighted by molar-refractivity contribution is 6.30. The van der Waals surface area contributed by atoms with Crippen LogP contribution >= 0.6 is 11.6 Å². The molecule has 0 radical (unpaired) electrons. The number of Topliss-reactive ketones (excluding diaryl/α,β-unsaturated/α-hetero) is 1. The molecule has 0 aliphatic rings. The van der Waals surface area contributed by atoms with Gasteiger partial charge in [-0.05, 0) is 43.3 Å². The fourth-order valence-electron chi connectivity index (χ4n) is 1.60. The molecule has 0 unspecified atom stereocenters. The summed E-state index contributed by atoms with van der Waals surface area (Å²) >= 11 is 5.75. The maximum atomic E-state index is 11.3. The molecule has 0 spiro atoms. The molecule has 0 N–H and O–H groups in total. The zero-order chi connectivity index (χ0) is 14.7. The Kier molecular flexibility index (Phi) is 4.00. The van der Waals surface area contributed by atoms with Crippen molar-refractivity contribution in [3.63, 3.8) is 0 Å². The van der Waals surface area contributed by atoms with Crippen LogP contribution in [0.4, 0.5) is 5.69 Å². The number of rotatable bonds is 4. The van der Waals surface area contributed by atoms with Gasteiger partial charge in [0.15, 0.2) is 5.78 Å². The molecule has 0 atom stereocenters. The van der Waals surface area contributed by atoms with Crippen molar-refractivity contribution in [3.8, 4) is 11.5 Å². The van der Waals surface area contributed by atoms with E-state index in [1.165, 1.54) is 25.1 Å². The van der Waals surface area contributed by atoms with Crippen molar-refractivity contribution in [2.45, 2.75) is 6.92 Å². The second kappa shape index (κ2) is 5.71. The lowest BCUT2D eigenvalue weighted by Gasteiger charge is -2.07. The Morgan fingerprint density at radius 2 is 1.85 bits per heavy atom. The average Bonchev–Trinajstić information content (AvgIpc) is 2.41. The van der Waals surface area contributed by atoms with Gasteiger partial charge in [0.2, 0.25) is 5.75 Å². The molecule has 2 aromatic rings. The Morgan fingerprint density at radius 1 is 1.20 bits per heavy atom. The van der Waals surface area contributed by atoms with E-state index in [-0.39, 0.29) is 17.2 Å². The Labute approximate surface area is 119 Å². The van der Waals surface area contributed by atoms with Crippen LogP contribution in [0.25, 0.3) is 0 Å². The van der Waals surface area contributed by atoms with E-state index in [1.54, 1.807) is 24.3 Å². The van der Waals surface area contributed by atoms with E-state index < -0.39 is 4.92 Å². The molecule has 2 aromatic carbocycles. The largest absolute Gasteiger partial charge is 0.450 e. The lowest BCUT2D eigenvalue weighted by Crippen LogP contribution is -1.97. The summed E-state index contributed by atoms with van der Waals surface area (Å²) in [5, 5.41) is 11.5. The van der Waals surface area contributed by atoms with Crippen molar-refractivity contribution in [3.05, 3.63) is 63.2 Å². The van der Waals surface area contributed by atoms with E-state index in [1.807, 2.05) is 0 Å². The topological polar surface area (TPSA) is 69.4 Å². The van der Waals surface area contributed by atoms with Crippen LogP contribution in [0.5, 0.6) is 11.5 Å². The van der Waals surface area contributed by atoms with Crippen molar-refractivity contribution < 1.29 is 14.5 Å². The Morgan fingerprint density at radius 3 is 2.40 bits per heavy atom. The number of benzene rings is 2. The van der Waals surface area contributed by atoms with E-state index in [4.69, 9.17) is 16.3 Å². The first kappa shape index (κ1) is 14.0. The second-order valence-corrected chi connectivity index (χ2v) is 4.49. The van der Waals surface area contributed by atoms with Gasteiger partial charge in [0.1, 0.15) is 5.75 Å². The zero-order valence-corrected chi connectivity index (χ0v) is 11.3. The molecule has 0 saturated carbocycles. The van der Waals surface area contributed by atoms with Crippen LogP contribution in [-0.4, -0.2) is 10.7 Å². The molecular formula is C14H10ClNO4. The number of hydrogen-bond acceptors (Lipinski definition) is 4. The molecule has 0 amide bonds. The van der Waals surface area contributed by atoms with Crippen LogP contribution < -0.4 is 4.74 Å². The smallest absolute Gasteiger partial charge is 0.311 e. The van der Waals surface area contributed by atoms with Gasteiger partial charge in [0.05, 0.1) is 4.92 Å². The normalized spacial score (nSPS) is 10.1. The maximum Gasteiger partial charge on any atom is 0.311 e. The summed E-state index contributed by atoms with van der Waals surface area (Å²) in [5.74, 6) is 0.226. The number of ether oxygens (including phenoxy) is 1. The van der Waals surface area contributed by atoms with E-state index in [2.05, 4.69) is 0 Å². The molecule has 0 aromatic heterocycles. The van der Waals surface area contributed by atoms with Crippen molar-refractivity contribution in [2.24, 2.45) is 0 Å². The molecule has 5 nitrogen and oxygen atoms in total. The van der Waals surface area contributed by atoms with Crippen LogP contribution in [0, 0.1) is 10.1 Å². The number of halogens is 1. The standard InChI is InChI=1S/C14H10ClNO4/c1-9(17)10-2-7-13(16(18)19)14(8-10)20-12-5-3-11(15)4-6-12/h2-8H,1H3. The van der Waals surface area contributed by atoms with Crippen molar-refractivity contribution in [1.29, 1.82) is 0 Å². The first-order valence-corrected chi connectivity index (χ1v) is 6.08. The van der Waals surface area contributed by atoms with Crippen LogP contribution in [0.1, 0.15) is 17.3 Å². The van der Waals surface area contributed by atoms with Gasteiger partial charge in [-0.3, -0.25) is 14.9 Å². The molecule has 0 aliphatic carbocycles. The molecule has 20 heavy (non-hydrogen) atoms. The van der Waals surface area contributed by atoms with Gasteiger partial charge in [-0.2, -0.15) is 0 Å². The zero-order valence-electron chi connectivity index (χ0n) is 10.5. The summed E-state index contributed by atoms with van der Waals surface area (Å²) in [6.45, 7) is 1.38. The van der Waals surface area contributed by atoms with Gasteiger partial charge in [-0.15, -0.1) is 0 Å². The molecule has 0 heterocycles. The summed E-state index contributed by atoms with van der Waals surface area (Å²) in [6.07, 6.45) is 0. The molecule has 0 fully saturated rings. The highest BCUT2D eigenvalue weighted by Gasteiger charge is 2.17. The van der Waals surface area contributed by atoms with E-state index in [0.29, 0.717) is 16.3 Å². The molecule has 2 rings (SSSR count). The Balaban J connectivity index is 2.41. The molecule has 0 aliphatic heterocycles. The first-order chi connectivity index (χ1) is 9.47. The van der Waals surface area contributed by atoms with Gasteiger partial charge in [0.25, 0.3) is 0 Å². The fraction of sp³-hybridized carbons (Fsp3) is 0.0714. The fourth-order valence-corrected chi connectivity index (χ4v) is 1.72. The Bertz CT molecular complexity index is 667. The van der Waals surface area contributed by atoms with Gasteiger partial charge in [0, 0.05) is 16.7 Å². The van der Waals surface area contributed by atoms with Crippen LogP contribution in [-0.2, 0) is 0 Å². The van der Waals surface area contributed by atoms with E-state index in [9.17, 15) is 14.9 Å². The molecule has 0 saturated heterocycles. The van der Waals surface area contributed by atoms with Crippen LogP contribution in [0.2, 0.25) is 5.02 Å². The van der Waals surface area contributed by atoms with Gasteiger partial charge in [-0.25, -0.2) is 0 Å². The number of carbonyl (C=O) groups is 1. The van der Waals surface area contributed by atoms with Crippen LogP contribution in [0.3, 0.4) is 0 Å². The lowest BCUT2D eigenvalue weighted by atomic mass is 10.1. The minimum Gasteiger partial charge on any atom is -0.450 e. The molecule has 102 valence electrons. The third-order valence-corrected chi connectivity index (χ3v) is 2.86. The summed E-state index contributed by atoms with van der Waals surface area (Å²) < 4.78 is 5.46. The quantitative estimate of drug-likeness (QED) is 0.480.